The zero-order valence-corrected chi connectivity index (χ0v) is 15.9. The summed E-state index contributed by atoms with van der Waals surface area (Å²) in [7, 11) is 0. The number of piperidine rings is 1. The van der Waals surface area contributed by atoms with E-state index in [4.69, 9.17) is 19.6 Å². The first kappa shape index (κ1) is 18.6. The van der Waals surface area contributed by atoms with Crippen LogP contribution in [0.4, 0.5) is 0 Å². The summed E-state index contributed by atoms with van der Waals surface area (Å²) in [6.45, 7) is 1.35. The van der Waals surface area contributed by atoms with Crippen LogP contribution in [-0.2, 0) is 9.59 Å². The fourth-order valence-corrected chi connectivity index (χ4v) is 3.85. The van der Waals surface area contributed by atoms with Gasteiger partial charge in [0.25, 0.3) is 11.1 Å². The van der Waals surface area contributed by atoms with Gasteiger partial charge in [-0.15, -0.1) is 10.2 Å². The summed E-state index contributed by atoms with van der Waals surface area (Å²) in [4.78, 5) is 25.3. The molecule has 2 aliphatic rings. The molecule has 2 aliphatic heterocycles. The summed E-state index contributed by atoms with van der Waals surface area (Å²) >= 11 is 1.18. The fourth-order valence-electron chi connectivity index (χ4n) is 3.18. The number of thioether (sulfide) groups is 1. The summed E-state index contributed by atoms with van der Waals surface area (Å²) in [5, 5.41) is 8.30. The van der Waals surface area contributed by atoms with E-state index in [0.717, 1.165) is 0 Å². The van der Waals surface area contributed by atoms with Crippen molar-refractivity contribution in [3.05, 3.63) is 30.2 Å². The van der Waals surface area contributed by atoms with Gasteiger partial charge in [0.15, 0.2) is 11.5 Å². The van der Waals surface area contributed by atoms with E-state index >= 15 is 0 Å². The van der Waals surface area contributed by atoms with Crippen molar-refractivity contribution in [3.8, 4) is 11.5 Å². The molecule has 1 saturated heterocycles. The van der Waals surface area contributed by atoms with E-state index in [-0.39, 0.29) is 30.1 Å². The predicted molar refractivity (Wildman–Crippen MR) is 98.8 cm³/mol. The van der Waals surface area contributed by atoms with Crippen LogP contribution in [-0.4, -0.2) is 52.4 Å². The number of fused-ring (bicyclic) bond motifs is 1. The number of benzene rings is 1. The summed E-state index contributed by atoms with van der Waals surface area (Å²) in [5.41, 5.74) is 5.32. The van der Waals surface area contributed by atoms with Crippen molar-refractivity contribution in [3.63, 3.8) is 0 Å². The molecular weight excluding hydrogens is 384 g/mol. The number of likely N-dealkylation sites (tertiary alicyclic amines) is 1. The van der Waals surface area contributed by atoms with Gasteiger partial charge in [0.05, 0.1) is 5.75 Å². The molecule has 3 heterocycles. The molecule has 4 rings (SSSR count). The molecule has 148 valence electrons. The maximum absolute atomic E-state index is 12.3. The maximum atomic E-state index is 12.3. The number of primary amides is 1. The number of hydrogen-bond donors (Lipinski definition) is 1. The third-order valence-electron chi connectivity index (χ3n) is 4.78. The largest absolute Gasteiger partial charge is 0.485 e. The first-order chi connectivity index (χ1) is 13.6. The maximum Gasteiger partial charge on any atom is 0.277 e. The average molecular weight is 404 g/mol. The van der Waals surface area contributed by atoms with E-state index in [9.17, 15) is 9.59 Å². The van der Waals surface area contributed by atoms with E-state index in [1.165, 1.54) is 11.8 Å². The number of carbonyl (C=O) groups excluding carboxylic acids is 2. The predicted octanol–water partition coefficient (Wildman–Crippen LogP) is 1.40. The molecule has 0 saturated carbocycles. The summed E-state index contributed by atoms with van der Waals surface area (Å²) in [5.74, 6) is 1.34. The van der Waals surface area contributed by atoms with Gasteiger partial charge in [-0.2, -0.15) is 0 Å². The van der Waals surface area contributed by atoms with Gasteiger partial charge >= 0.3 is 0 Å². The van der Waals surface area contributed by atoms with Crippen LogP contribution in [0.25, 0.3) is 0 Å². The minimum atomic E-state index is -0.486. The van der Waals surface area contributed by atoms with Gasteiger partial charge in [-0.25, -0.2) is 0 Å². The van der Waals surface area contributed by atoms with E-state index in [1.54, 1.807) is 4.90 Å². The number of nitrogens with two attached hydrogens (primary N) is 1. The van der Waals surface area contributed by atoms with Crippen LogP contribution in [0.15, 0.2) is 33.9 Å². The van der Waals surface area contributed by atoms with Gasteiger partial charge < -0.3 is 24.5 Å². The van der Waals surface area contributed by atoms with Crippen molar-refractivity contribution in [2.75, 3.05) is 25.4 Å². The average Bonchev–Trinajstić information content (AvgIpc) is 3.21. The Bertz CT molecular complexity index is 865. The standard InChI is InChI=1S/C18H20N4O5S/c19-16(24)11-5-7-22(8-6-11)15(23)10-28-18-21-20-17(27-18)14-9-25-12-3-1-2-4-13(12)26-14/h1-4,11,14H,5-10H2,(H2,19,24)/t14-/m0/s1. The van der Waals surface area contributed by atoms with E-state index in [0.29, 0.717) is 48.5 Å². The lowest BCUT2D eigenvalue weighted by Gasteiger charge is -2.30. The molecule has 1 aromatic heterocycles. The Morgan fingerprint density at radius 2 is 1.93 bits per heavy atom. The minimum absolute atomic E-state index is 0.0288. The van der Waals surface area contributed by atoms with Crippen molar-refractivity contribution in [2.45, 2.75) is 24.2 Å². The SMILES string of the molecule is NC(=O)C1CCN(C(=O)CSc2nnc([C@@H]3COc4ccccc4O3)o2)CC1. The highest BCUT2D eigenvalue weighted by atomic mass is 32.2. The van der Waals surface area contributed by atoms with Gasteiger partial charge in [-0.1, -0.05) is 23.9 Å². The molecule has 28 heavy (non-hydrogen) atoms. The summed E-state index contributed by atoms with van der Waals surface area (Å²) in [6, 6.07) is 7.38. The Kier molecular flexibility index (Phi) is 5.38. The van der Waals surface area contributed by atoms with Crippen LogP contribution in [0.2, 0.25) is 0 Å². The Morgan fingerprint density at radius 1 is 1.18 bits per heavy atom. The number of hydrogen-bond acceptors (Lipinski definition) is 8. The monoisotopic (exact) mass is 404 g/mol. The first-order valence-electron chi connectivity index (χ1n) is 9.02. The molecular formula is C18H20N4O5S. The number of rotatable bonds is 5. The number of ether oxygens (including phenoxy) is 2. The summed E-state index contributed by atoms with van der Waals surface area (Å²) < 4.78 is 17.1. The lowest BCUT2D eigenvalue weighted by molar-refractivity contribution is -0.132. The third-order valence-corrected chi connectivity index (χ3v) is 5.58. The number of carbonyl (C=O) groups is 2. The second-order valence-electron chi connectivity index (χ2n) is 6.62. The third kappa shape index (κ3) is 4.06. The van der Waals surface area contributed by atoms with Gasteiger partial charge in [0.1, 0.15) is 6.61 Å². The lowest BCUT2D eigenvalue weighted by Crippen LogP contribution is -2.42. The molecule has 2 amide bonds. The van der Waals surface area contributed by atoms with Crippen molar-refractivity contribution < 1.29 is 23.5 Å². The van der Waals surface area contributed by atoms with Gasteiger partial charge in [-0.05, 0) is 25.0 Å². The molecule has 0 bridgehead atoms. The van der Waals surface area contributed by atoms with Crippen molar-refractivity contribution >= 4 is 23.6 Å². The number of amides is 2. The molecule has 0 spiro atoms. The van der Waals surface area contributed by atoms with Crippen LogP contribution < -0.4 is 15.2 Å². The number of aromatic nitrogens is 2. The van der Waals surface area contributed by atoms with Crippen LogP contribution in [0.1, 0.15) is 24.8 Å². The minimum Gasteiger partial charge on any atom is -0.485 e. The van der Waals surface area contributed by atoms with Gasteiger partial charge in [-0.3, -0.25) is 9.59 Å². The van der Waals surface area contributed by atoms with Gasteiger partial charge in [0.2, 0.25) is 17.9 Å². The van der Waals surface area contributed by atoms with E-state index in [2.05, 4.69) is 10.2 Å². The zero-order chi connectivity index (χ0) is 19.5. The van der Waals surface area contributed by atoms with Crippen molar-refractivity contribution in [2.24, 2.45) is 11.7 Å². The molecule has 0 radical (unpaired) electrons. The smallest absolute Gasteiger partial charge is 0.277 e. The van der Waals surface area contributed by atoms with E-state index in [1.807, 2.05) is 24.3 Å². The topological polar surface area (TPSA) is 121 Å². The normalized spacial score (nSPS) is 19.4. The second kappa shape index (κ2) is 8.09. The number of nitrogens with zero attached hydrogens (tertiary/aromatic N) is 3. The highest BCUT2D eigenvalue weighted by Crippen LogP contribution is 2.36. The molecule has 1 aromatic carbocycles. The lowest BCUT2D eigenvalue weighted by atomic mass is 9.96. The molecule has 1 fully saturated rings. The van der Waals surface area contributed by atoms with Gasteiger partial charge in [0, 0.05) is 19.0 Å². The molecule has 2 N–H and O–H groups in total. The summed E-state index contributed by atoms with van der Waals surface area (Å²) in [6.07, 6.45) is 0.730. The Labute approximate surface area is 165 Å². The molecule has 2 aromatic rings. The van der Waals surface area contributed by atoms with Crippen LogP contribution in [0.3, 0.4) is 0 Å². The molecule has 9 nitrogen and oxygen atoms in total. The molecule has 0 aliphatic carbocycles. The van der Waals surface area contributed by atoms with Crippen LogP contribution >= 0.6 is 11.8 Å². The molecule has 0 unspecified atom stereocenters. The highest BCUT2D eigenvalue weighted by molar-refractivity contribution is 7.99. The van der Waals surface area contributed by atoms with Crippen LogP contribution in [0, 0.1) is 5.92 Å². The Hall–Kier alpha value is -2.75. The molecule has 1 atom stereocenters. The number of para-hydroxylation sites is 2. The zero-order valence-electron chi connectivity index (χ0n) is 15.1. The second-order valence-corrected chi connectivity index (χ2v) is 7.54. The van der Waals surface area contributed by atoms with Crippen LogP contribution in [0.5, 0.6) is 11.5 Å². The van der Waals surface area contributed by atoms with Crippen molar-refractivity contribution in [1.82, 2.24) is 15.1 Å². The van der Waals surface area contributed by atoms with E-state index < -0.39 is 6.10 Å². The Balaban J connectivity index is 1.29. The fraction of sp³-hybridized carbons (Fsp3) is 0.444. The molecule has 10 heteroatoms. The Morgan fingerprint density at radius 3 is 2.68 bits per heavy atom. The highest BCUT2D eigenvalue weighted by Gasteiger charge is 2.28. The first-order valence-corrected chi connectivity index (χ1v) is 10.0. The quantitative estimate of drug-likeness (QED) is 0.743. The van der Waals surface area contributed by atoms with Crippen molar-refractivity contribution in [1.29, 1.82) is 0 Å².